The van der Waals surface area contributed by atoms with E-state index >= 15 is 0 Å². The second-order valence-electron chi connectivity index (χ2n) is 6.96. The number of nitrogens with one attached hydrogen (secondary N) is 1. The number of unbranched alkanes of at least 4 members (excludes halogenated alkanes) is 3. The first kappa shape index (κ1) is 22.3. The van der Waals surface area contributed by atoms with Crippen LogP contribution in [0.25, 0.3) is 10.9 Å². The van der Waals surface area contributed by atoms with Crippen molar-refractivity contribution in [2.45, 2.75) is 36.8 Å². The Hall–Kier alpha value is -2.41. The second kappa shape index (κ2) is 10.6. The molecule has 0 aliphatic rings. The van der Waals surface area contributed by atoms with Gasteiger partial charge in [-0.15, -0.1) is 11.8 Å². The molecule has 3 nitrogen and oxygen atoms in total. The van der Waals surface area contributed by atoms with Crippen molar-refractivity contribution in [3.05, 3.63) is 60.3 Å². The number of thioether (sulfide) groups is 1. The number of ether oxygens (including phenoxy) is 1. The van der Waals surface area contributed by atoms with Crippen LogP contribution in [0.5, 0.6) is 5.75 Å². The Bertz CT molecular complexity index is 945. The van der Waals surface area contributed by atoms with E-state index in [1.165, 1.54) is 6.07 Å². The van der Waals surface area contributed by atoms with Gasteiger partial charge in [0.2, 0.25) is 0 Å². The third kappa shape index (κ3) is 6.29. The fraction of sp³-hybridized carbons (Fsp3) is 0.348. The first-order chi connectivity index (χ1) is 14.5. The number of methoxy groups -OCH3 is 1. The summed E-state index contributed by atoms with van der Waals surface area (Å²) in [5, 5.41) is 4.18. The monoisotopic (exact) mass is 434 g/mol. The van der Waals surface area contributed by atoms with Gasteiger partial charge in [0, 0.05) is 28.7 Å². The van der Waals surface area contributed by atoms with E-state index in [0.717, 1.165) is 71.8 Å². The molecule has 0 unspecified atom stereocenters. The molecule has 0 bridgehead atoms. The molecule has 2 aromatic carbocycles. The van der Waals surface area contributed by atoms with E-state index in [1.54, 1.807) is 25.1 Å². The van der Waals surface area contributed by atoms with Crippen molar-refractivity contribution in [2.24, 2.45) is 0 Å². The summed E-state index contributed by atoms with van der Waals surface area (Å²) in [7, 11) is 1.65. The van der Waals surface area contributed by atoms with Crippen LogP contribution in [0, 0.1) is 0 Å². The SMILES string of the molecule is COc1ccc(NCCCCCCSc2ccnc3cc(C(F)(F)F)ccc23)cc1. The van der Waals surface area contributed by atoms with Gasteiger partial charge in [-0.05, 0) is 61.1 Å². The molecule has 1 aromatic heterocycles. The molecular weight excluding hydrogens is 409 g/mol. The maximum absolute atomic E-state index is 12.9. The zero-order chi connectivity index (χ0) is 21.4. The number of pyridine rings is 1. The number of hydrogen-bond donors (Lipinski definition) is 1. The molecule has 0 amide bonds. The molecule has 0 atom stereocenters. The molecule has 1 N–H and O–H groups in total. The van der Waals surface area contributed by atoms with Crippen molar-refractivity contribution in [3.63, 3.8) is 0 Å². The lowest BCUT2D eigenvalue weighted by molar-refractivity contribution is -0.137. The summed E-state index contributed by atoms with van der Waals surface area (Å²) in [4.78, 5) is 5.08. The predicted octanol–water partition coefficient (Wildman–Crippen LogP) is 7.03. The third-order valence-corrected chi connectivity index (χ3v) is 5.94. The topological polar surface area (TPSA) is 34.1 Å². The van der Waals surface area contributed by atoms with Crippen LogP contribution in [0.4, 0.5) is 18.9 Å². The van der Waals surface area contributed by atoms with Gasteiger partial charge in [0.25, 0.3) is 0 Å². The molecular formula is C23H25F3N2OS. The van der Waals surface area contributed by atoms with E-state index in [-0.39, 0.29) is 0 Å². The van der Waals surface area contributed by atoms with Crippen LogP contribution >= 0.6 is 11.8 Å². The number of nitrogens with zero attached hydrogens (tertiary/aromatic N) is 1. The van der Waals surface area contributed by atoms with Crippen molar-refractivity contribution in [2.75, 3.05) is 24.7 Å². The maximum Gasteiger partial charge on any atom is 0.416 e. The molecule has 160 valence electrons. The fourth-order valence-corrected chi connectivity index (χ4v) is 4.18. The van der Waals surface area contributed by atoms with Crippen molar-refractivity contribution < 1.29 is 17.9 Å². The van der Waals surface area contributed by atoms with E-state index < -0.39 is 11.7 Å². The summed E-state index contributed by atoms with van der Waals surface area (Å²) in [5.41, 5.74) is 0.817. The van der Waals surface area contributed by atoms with Crippen LogP contribution < -0.4 is 10.1 Å². The highest BCUT2D eigenvalue weighted by Crippen LogP contribution is 2.34. The minimum Gasteiger partial charge on any atom is -0.497 e. The lowest BCUT2D eigenvalue weighted by Gasteiger charge is -2.10. The minimum absolute atomic E-state index is 0.388. The van der Waals surface area contributed by atoms with Crippen LogP contribution in [0.1, 0.15) is 31.2 Å². The highest BCUT2D eigenvalue weighted by atomic mass is 32.2. The number of alkyl halides is 3. The van der Waals surface area contributed by atoms with Crippen LogP contribution in [0.3, 0.4) is 0 Å². The summed E-state index contributed by atoms with van der Waals surface area (Å²) >= 11 is 1.68. The average Bonchev–Trinajstić information content (AvgIpc) is 2.75. The quantitative estimate of drug-likeness (QED) is 0.274. The summed E-state index contributed by atoms with van der Waals surface area (Å²) in [5.74, 6) is 1.78. The van der Waals surface area contributed by atoms with Gasteiger partial charge in [0.15, 0.2) is 0 Å². The molecule has 30 heavy (non-hydrogen) atoms. The van der Waals surface area contributed by atoms with Crippen LogP contribution in [0.15, 0.2) is 59.6 Å². The lowest BCUT2D eigenvalue weighted by Crippen LogP contribution is -2.04. The van der Waals surface area contributed by atoms with Gasteiger partial charge in [0.05, 0.1) is 18.2 Å². The molecule has 0 aliphatic heterocycles. The molecule has 3 aromatic rings. The summed E-state index contributed by atoms with van der Waals surface area (Å²) in [6.07, 6.45) is 1.65. The lowest BCUT2D eigenvalue weighted by atomic mass is 10.1. The van der Waals surface area contributed by atoms with E-state index in [4.69, 9.17) is 4.74 Å². The van der Waals surface area contributed by atoms with E-state index in [2.05, 4.69) is 10.3 Å². The Morgan fingerprint density at radius 3 is 2.47 bits per heavy atom. The summed E-state index contributed by atoms with van der Waals surface area (Å²) < 4.78 is 43.8. The number of anilines is 1. The number of rotatable bonds is 10. The van der Waals surface area contributed by atoms with E-state index in [1.807, 2.05) is 30.3 Å². The minimum atomic E-state index is -4.35. The summed E-state index contributed by atoms with van der Waals surface area (Å²) in [6, 6.07) is 13.5. The Balaban J connectivity index is 1.37. The number of benzene rings is 2. The zero-order valence-electron chi connectivity index (χ0n) is 16.8. The number of hydrogen-bond acceptors (Lipinski definition) is 4. The molecule has 1 heterocycles. The molecule has 0 radical (unpaired) electrons. The molecule has 0 saturated heterocycles. The number of aromatic nitrogens is 1. The molecule has 0 aliphatic carbocycles. The van der Waals surface area contributed by atoms with Gasteiger partial charge in [-0.2, -0.15) is 13.2 Å². The van der Waals surface area contributed by atoms with E-state index in [0.29, 0.717) is 5.52 Å². The Kier molecular flexibility index (Phi) is 7.85. The first-order valence-corrected chi connectivity index (χ1v) is 10.9. The van der Waals surface area contributed by atoms with Crippen molar-refractivity contribution >= 4 is 28.4 Å². The zero-order valence-corrected chi connectivity index (χ0v) is 17.7. The van der Waals surface area contributed by atoms with Crippen molar-refractivity contribution in [1.29, 1.82) is 0 Å². The van der Waals surface area contributed by atoms with Crippen molar-refractivity contribution in [3.8, 4) is 5.75 Å². The van der Waals surface area contributed by atoms with Gasteiger partial charge in [-0.1, -0.05) is 18.9 Å². The molecule has 0 saturated carbocycles. The molecule has 0 spiro atoms. The van der Waals surface area contributed by atoms with Gasteiger partial charge >= 0.3 is 6.18 Å². The second-order valence-corrected chi connectivity index (χ2v) is 8.09. The fourth-order valence-electron chi connectivity index (χ4n) is 3.13. The van der Waals surface area contributed by atoms with Crippen molar-refractivity contribution in [1.82, 2.24) is 4.98 Å². The van der Waals surface area contributed by atoms with Crippen LogP contribution in [-0.4, -0.2) is 24.4 Å². The Morgan fingerprint density at radius 1 is 0.967 bits per heavy atom. The standard InChI is InChI=1S/C23H25F3N2OS/c1-29-19-9-7-18(8-10-19)27-13-4-2-3-5-15-30-22-12-14-28-21-16-17(23(24,25)26)6-11-20(21)22/h6-12,14,16,27H,2-5,13,15H2,1H3. The Labute approximate surface area is 179 Å². The normalized spacial score (nSPS) is 11.6. The van der Waals surface area contributed by atoms with Gasteiger partial charge < -0.3 is 10.1 Å². The van der Waals surface area contributed by atoms with Crippen LogP contribution in [0.2, 0.25) is 0 Å². The van der Waals surface area contributed by atoms with Crippen LogP contribution in [-0.2, 0) is 6.18 Å². The predicted molar refractivity (Wildman–Crippen MR) is 117 cm³/mol. The molecule has 0 fully saturated rings. The Morgan fingerprint density at radius 2 is 1.73 bits per heavy atom. The molecule has 3 rings (SSSR count). The molecule has 7 heteroatoms. The maximum atomic E-state index is 12.9. The highest BCUT2D eigenvalue weighted by Gasteiger charge is 2.30. The average molecular weight is 435 g/mol. The van der Waals surface area contributed by atoms with E-state index in [9.17, 15) is 13.2 Å². The van der Waals surface area contributed by atoms with Gasteiger partial charge in [-0.25, -0.2) is 0 Å². The largest absolute Gasteiger partial charge is 0.497 e. The highest BCUT2D eigenvalue weighted by molar-refractivity contribution is 7.99. The third-order valence-electron chi connectivity index (χ3n) is 4.78. The van der Waals surface area contributed by atoms with Gasteiger partial charge in [-0.3, -0.25) is 4.98 Å². The number of fused-ring (bicyclic) bond motifs is 1. The van der Waals surface area contributed by atoms with Gasteiger partial charge in [0.1, 0.15) is 5.75 Å². The summed E-state index contributed by atoms with van der Waals surface area (Å²) in [6.45, 7) is 0.927. The first-order valence-electron chi connectivity index (χ1n) is 9.94. The smallest absolute Gasteiger partial charge is 0.416 e. The number of halogens is 3.